The lowest BCUT2D eigenvalue weighted by atomic mass is 9.70. The second kappa shape index (κ2) is 3.69. The van der Waals surface area contributed by atoms with Crippen LogP contribution in [-0.2, 0) is 0 Å². The molecule has 0 spiro atoms. The van der Waals surface area contributed by atoms with Gasteiger partial charge in [0.2, 0.25) is 0 Å². The number of aliphatic hydroxyl groups is 1. The minimum absolute atomic E-state index is 0.267. The molecular formula is C13H24O. The van der Waals surface area contributed by atoms with E-state index in [1.54, 1.807) is 0 Å². The molecule has 0 radical (unpaired) electrons. The van der Waals surface area contributed by atoms with Gasteiger partial charge in [-0.05, 0) is 30.1 Å². The Hall–Kier alpha value is -0.300. The molecule has 1 aliphatic carbocycles. The highest BCUT2D eigenvalue weighted by Gasteiger charge is 2.37. The fourth-order valence-electron chi connectivity index (χ4n) is 2.02. The van der Waals surface area contributed by atoms with E-state index in [9.17, 15) is 5.11 Å². The lowest BCUT2D eigenvalue weighted by Gasteiger charge is -2.40. The summed E-state index contributed by atoms with van der Waals surface area (Å²) in [7, 11) is 0. The molecule has 14 heavy (non-hydrogen) atoms. The Morgan fingerprint density at radius 1 is 1.07 bits per heavy atom. The van der Waals surface area contributed by atoms with Gasteiger partial charge in [0.1, 0.15) is 0 Å². The van der Waals surface area contributed by atoms with Crippen LogP contribution in [0.3, 0.4) is 0 Å². The van der Waals surface area contributed by atoms with Crippen molar-refractivity contribution in [2.24, 2.45) is 17.3 Å². The predicted octanol–water partition coefficient (Wildman–Crippen LogP) is 3.39. The van der Waals surface area contributed by atoms with E-state index in [1.807, 2.05) is 6.08 Å². The Kier molecular flexibility index (Phi) is 3.10. The minimum atomic E-state index is -0.566. The summed E-state index contributed by atoms with van der Waals surface area (Å²) in [5.74, 6) is 0.876. The van der Waals surface area contributed by atoms with Crippen LogP contribution in [0.4, 0.5) is 0 Å². The van der Waals surface area contributed by atoms with Gasteiger partial charge in [0.05, 0.1) is 5.60 Å². The molecule has 0 bridgehead atoms. The van der Waals surface area contributed by atoms with Crippen molar-refractivity contribution in [1.82, 2.24) is 0 Å². The Morgan fingerprint density at radius 3 is 2.00 bits per heavy atom. The van der Waals surface area contributed by atoms with Crippen LogP contribution in [0.15, 0.2) is 12.2 Å². The van der Waals surface area contributed by atoms with Crippen LogP contribution in [0.5, 0.6) is 0 Å². The van der Waals surface area contributed by atoms with Crippen molar-refractivity contribution < 1.29 is 5.11 Å². The molecule has 0 aromatic heterocycles. The van der Waals surface area contributed by atoms with Gasteiger partial charge in [0.15, 0.2) is 0 Å². The molecule has 2 atom stereocenters. The van der Waals surface area contributed by atoms with Crippen molar-refractivity contribution in [3.05, 3.63) is 12.2 Å². The maximum Gasteiger partial charge on any atom is 0.0856 e. The fourth-order valence-corrected chi connectivity index (χ4v) is 2.02. The van der Waals surface area contributed by atoms with E-state index < -0.39 is 5.60 Å². The van der Waals surface area contributed by atoms with Gasteiger partial charge in [-0.2, -0.15) is 0 Å². The second-order valence-electron chi connectivity index (χ2n) is 5.85. The van der Waals surface area contributed by atoms with Gasteiger partial charge >= 0.3 is 0 Å². The predicted molar refractivity (Wildman–Crippen MR) is 61.1 cm³/mol. The molecule has 0 aliphatic heterocycles. The van der Waals surface area contributed by atoms with E-state index >= 15 is 0 Å². The highest BCUT2D eigenvalue weighted by molar-refractivity contribution is 5.13. The van der Waals surface area contributed by atoms with E-state index in [4.69, 9.17) is 0 Å². The molecule has 0 aromatic rings. The van der Waals surface area contributed by atoms with Crippen LogP contribution in [0.1, 0.15) is 47.5 Å². The van der Waals surface area contributed by atoms with Gasteiger partial charge in [-0.25, -0.2) is 0 Å². The summed E-state index contributed by atoms with van der Waals surface area (Å²) < 4.78 is 0. The zero-order valence-corrected chi connectivity index (χ0v) is 10.2. The van der Waals surface area contributed by atoms with Crippen LogP contribution < -0.4 is 0 Å². The third-order valence-electron chi connectivity index (χ3n) is 3.78. The minimum Gasteiger partial charge on any atom is -0.386 e. The number of rotatable bonds is 2. The molecule has 1 N–H and O–H groups in total. The first kappa shape index (κ1) is 11.8. The molecule has 1 heteroatoms. The van der Waals surface area contributed by atoms with Crippen molar-refractivity contribution in [3.63, 3.8) is 0 Å². The van der Waals surface area contributed by atoms with Gasteiger partial charge in [0, 0.05) is 0 Å². The van der Waals surface area contributed by atoms with Crippen molar-refractivity contribution in [2.45, 2.75) is 53.1 Å². The lowest BCUT2D eigenvalue weighted by molar-refractivity contribution is -0.00672. The van der Waals surface area contributed by atoms with Crippen LogP contribution in [-0.4, -0.2) is 10.7 Å². The molecule has 1 aliphatic rings. The summed E-state index contributed by atoms with van der Waals surface area (Å²) in [6.07, 6.45) is 6.18. The third-order valence-corrected chi connectivity index (χ3v) is 3.78. The van der Waals surface area contributed by atoms with Crippen molar-refractivity contribution in [2.75, 3.05) is 0 Å². The number of allylic oxidation sites excluding steroid dienone is 1. The highest BCUT2D eigenvalue weighted by Crippen LogP contribution is 2.39. The zero-order chi connectivity index (χ0) is 11.0. The van der Waals surface area contributed by atoms with Gasteiger partial charge in [0.25, 0.3) is 0 Å². The van der Waals surface area contributed by atoms with Crippen molar-refractivity contribution in [3.8, 4) is 0 Å². The summed E-state index contributed by atoms with van der Waals surface area (Å²) in [6.45, 7) is 11.0. The summed E-state index contributed by atoms with van der Waals surface area (Å²) in [6, 6.07) is 0. The van der Waals surface area contributed by atoms with Gasteiger partial charge in [-0.15, -0.1) is 0 Å². The van der Waals surface area contributed by atoms with E-state index in [0.717, 1.165) is 12.8 Å². The van der Waals surface area contributed by atoms with Gasteiger partial charge in [-0.1, -0.05) is 46.8 Å². The molecule has 1 rings (SSSR count). The zero-order valence-electron chi connectivity index (χ0n) is 10.2. The highest BCUT2D eigenvalue weighted by atomic mass is 16.3. The van der Waals surface area contributed by atoms with Gasteiger partial charge < -0.3 is 5.11 Å². The molecule has 1 nitrogen and oxygen atoms in total. The Bertz CT molecular complexity index is 227. The van der Waals surface area contributed by atoms with E-state index in [2.05, 4.69) is 40.7 Å². The summed E-state index contributed by atoms with van der Waals surface area (Å²) in [5.41, 5.74) is -0.299. The Morgan fingerprint density at radius 2 is 1.64 bits per heavy atom. The SMILES string of the molecule is CC(C)C(C)C1(O)C=CC(C)(C)CC1. The van der Waals surface area contributed by atoms with Crippen molar-refractivity contribution in [1.29, 1.82) is 0 Å². The Balaban J connectivity index is 2.79. The third kappa shape index (κ3) is 2.38. The largest absolute Gasteiger partial charge is 0.386 e. The maximum absolute atomic E-state index is 10.5. The second-order valence-corrected chi connectivity index (χ2v) is 5.85. The van der Waals surface area contributed by atoms with E-state index in [0.29, 0.717) is 11.8 Å². The lowest BCUT2D eigenvalue weighted by Crippen LogP contribution is -2.40. The first-order valence-corrected chi connectivity index (χ1v) is 5.70. The monoisotopic (exact) mass is 196 g/mol. The molecule has 0 saturated carbocycles. The molecule has 0 saturated heterocycles. The molecular weight excluding hydrogens is 172 g/mol. The standard InChI is InChI=1S/C13H24O/c1-10(2)11(3)13(14)8-6-12(4,5)7-9-13/h6,8,10-11,14H,7,9H2,1-5H3. The smallest absolute Gasteiger partial charge is 0.0856 e. The molecule has 2 unspecified atom stereocenters. The van der Waals surface area contributed by atoms with Crippen LogP contribution in [0.2, 0.25) is 0 Å². The molecule has 0 amide bonds. The maximum atomic E-state index is 10.5. The fraction of sp³-hybridized carbons (Fsp3) is 0.846. The summed E-state index contributed by atoms with van der Waals surface area (Å²) in [5, 5.41) is 10.5. The number of hydrogen-bond acceptors (Lipinski definition) is 1. The number of hydrogen-bond donors (Lipinski definition) is 1. The average Bonchev–Trinajstić information content (AvgIpc) is 2.09. The molecule has 0 aromatic carbocycles. The molecule has 82 valence electrons. The van der Waals surface area contributed by atoms with Crippen LogP contribution >= 0.6 is 0 Å². The first-order valence-electron chi connectivity index (χ1n) is 5.70. The normalized spacial score (nSPS) is 33.4. The molecule has 0 fully saturated rings. The van der Waals surface area contributed by atoms with Gasteiger partial charge in [-0.3, -0.25) is 0 Å². The van der Waals surface area contributed by atoms with Crippen LogP contribution in [0.25, 0.3) is 0 Å². The summed E-state index contributed by atoms with van der Waals surface area (Å²) >= 11 is 0. The quantitative estimate of drug-likeness (QED) is 0.671. The first-order chi connectivity index (χ1) is 6.27. The van der Waals surface area contributed by atoms with E-state index in [-0.39, 0.29) is 5.41 Å². The summed E-state index contributed by atoms with van der Waals surface area (Å²) in [4.78, 5) is 0. The topological polar surface area (TPSA) is 20.2 Å². The average molecular weight is 196 g/mol. The van der Waals surface area contributed by atoms with E-state index in [1.165, 1.54) is 0 Å². The molecule has 0 heterocycles. The van der Waals surface area contributed by atoms with Crippen molar-refractivity contribution >= 4 is 0 Å². The van der Waals surface area contributed by atoms with Crippen LogP contribution in [0, 0.1) is 17.3 Å². The Labute approximate surface area is 88.2 Å².